The number of carboxylic acid groups (broad SMARTS) is 2. The van der Waals surface area contributed by atoms with Gasteiger partial charge in [0, 0.05) is 0 Å². The number of carbonyl (C=O) groups is 2. The van der Waals surface area contributed by atoms with Gasteiger partial charge in [0.25, 0.3) is 0 Å². The van der Waals surface area contributed by atoms with Crippen LogP contribution in [0.25, 0.3) is 0 Å². The Morgan fingerprint density at radius 3 is 2.00 bits per heavy atom. The maximum atomic E-state index is 11.4. The first-order chi connectivity index (χ1) is 10.6. The molecular weight excluding hydrogens is 284 g/mol. The van der Waals surface area contributed by atoms with Crippen LogP contribution in [-0.4, -0.2) is 28.8 Å². The van der Waals surface area contributed by atoms with Gasteiger partial charge in [-0.2, -0.15) is 0 Å². The maximum absolute atomic E-state index is 11.4. The van der Waals surface area contributed by atoms with E-state index in [-0.39, 0.29) is 17.8 Å². The van der Waals surface area contributed by atoms with Crippen LogP contribution in [0.15, 0.2) is 42.5 Å². The predicted octanol–water partition coefficient (Wildman–Crippen LogP) is 2.04. The van der Waals surface area contributed by atoms with Gasteiger partial charge in [-0.1, -0.05) is 42.5 Å². The zero-order chi connectivity index (χ0) is 15.7. The lowest BCUT2D eigenvalue weighted by molar-refractivity contribution is -0.154. The number of aliphatic carboxylic acids is 2. The number of benzene rings is 1. The first-order valence-electron chi connectivity index (χ1n) is 7.35. The molecule has 0 spiro atoms. The summed E-state index contributed by atoms with van der Waals surface area (Å²) in [5.41, 5.74) is 1.05. The van der Waals surface area contributed by atoms with Gasteiger partial charge in [-0.25, -0.2) is 0 Å². The highest BCUT2D eigenvalue weighted by Crippen LogP contribution is 2.52. The topological polar surface area (TPSA) is 83.8 Å². The third-order valence-electron chi connectivity index (χ3n) is 4.75. The molecule has 5 nitrogen and oxygen atoms in total. The molecule has 0 heterocycles. The maximum Gasteiger partial charge on any atom is 0.308 e. The van der Waals surface area contributed by atoms with E-state index in [1.165, 1.54) is 0 Å². The Balaban J connectivity index is 1.66. The third kappa shape index (κ3) is 2.52. The Kier molecular flexibility index (Phi) is 3.98. The van der Waals surface area contributed by atoms with Crippen LogP contribution in [0.5, 0.6) is 0 Å². The van der Waals surface area contributed by atoms with Crippen molar-refractivity contribution < 1.29 is 24.5 Å². The standard InChI is InChI=1S/C17H18O5/c18-16(19)14-11-6-7-12(15(14)17(20)21)13(11)9-22-8-10-4-2-1-3-5-10/h1-7,11-15H,8-9H2,(H,18,19)(H,20,21)/t11?,12?,13?,14-,15-/m1/s1. The average molecular weight is 302 g/mol. The van der Waals surface area contributed by atoms with Gasteiger partial charge in [0.15, 0.2) is 0 Å². The lowest BCUT2D eigenvalue weighted by Gasteiger charge is -2.20. The molecule has 3 rings (SSSR count). The molecule has 0 aliphatic heterocycles. The van der Waals surface area contributed by atoms with Crippen LogP contribution < -0.4 is 0 Å². The Morgan fingerprint density at radius 1 is 0.955 bits per heavy atom. The van der Waals surface area contributed by atoms with Crippen molar-refractivity contribution in [3.63, 3.8) is 0 Å². The van der Waals surface area contributed by atoms with Gasteiger partial charge < -0.3 is 14.9 Å². The van der Waals surface area contributed by atoms with E-state index >= 15 is 0 Å². The van der Waals surface area contributed by atoms with Gasteiger partial charge in [0.2, 0.25) is 0 Å². The van der Waals surface area contributed by atoms with Gasteiger partial charge in [0.05, 0.1) is 25.0 Å². The van der Waals surface area contributed by atoms with Crippen LogP contribution in [0.1, 0.15) is 5.56 Å². The highest BCUT2D eigenvalue weighted by atomic mass is 16.5. The molecule has 1 aromatic rings. The highest BCUT2D eigenvalue weighted by molar-refractivity contribution is 5.82. The van der Waals surface area contributed by atoms with E-state index < -0.39 is 23.8 Å². The Bertz CT molecular complexity index is 564. The summed E-state index contributed by atoms with van der Waals surface area (Å²) < 4.78 is 5.71. The van der Waals surface area contributed by atoms with Gasteiger partial charge >= 0.3 is 11.9 Å². The Hall–Kier alpha value is -2.14. The van der Waals surface area contributed by atoms with Crippen LogP contribution in [-0.2, 0) is 20.9 Å². The summed E-state index contributed by atoms with van der Waals surface area (Å²) in [7, 11) is 0. The minimum atomic E-state index is -1.03. The van der Waals surface area contributed by atoms with Crippen LogP contribution in [0, 0.1) is 29.6 Å². The second kappa shape index (κ2) is 5.93. The van der Waals surface area contributed by atoms with Crippen molar-refractivity contribution >= 4 is 11.9 Å². The van der Waals surface area contributed by atoms with Gasteiger partial charge in [-0.3, -0.25) is 9.59 Å². The number of hydrogen-bond acceptors (Lipinski definition) is 3. The molecule has 1 aromatic carbocycles. The molecule has 0 radical (unpaired) electrons. The minimum absolute atomic E-state index is 0.0640. The summed E-state index contributed by atoms with van der Waals surface area (Å²) in [5, 5.41) is 18.7. The molecule has 1 saturated carbocycles. The monoisotopic (exact) mass is 302 g/mol. The normalized spacial score (nSPS) is 32.3. The van der Waals surface area contributed by atoms with Crippen LogP contribution in [0.4, 0.5) is 0 Å². The van der Waals surface area contributed by atoms with Crippen LogP contribution in [0.3, 0.4) is 0 Å². The summed E-state index contributed by atoms with van der Waals surface area (Å²) in [6, 6.07) is 9.71. The van der Waals surface area contributed by atoms with E-state index in [9.17, 15) is 19.8 Å². The first kappa shape index (κ1) is 14.8. The van der Waals surface area contributed by atoms with Gasteiger partial charge in [-0.05, 0) is 23.3 Å². The number of fused-ring (bicyclic) bond motifs is 2. The van der Waals surface area contributed by atoms with Crippen molar-refractivity contribution in [2.45, 2.75) is 6.61 Å². The smallest absolute Gasteiger partial charge is 0.308 e. The van der Waals surface area contributed by atoms with E-state index in [2.05, 4.69) is 0 Å². The van der Waals surface area contributed by atoms with E-state index in [4.69, 9.17) is 4.74 Å². The molecule has 0 saturated heterocycles. The SMILES string of the molecule is O=C(O)[C@@H]1C2C=CC(C2COCc2ccccc2)[C@H]1C(=O)O. The molecule has 0 amide bonds. The summed E-state index contributed by atoms with van der Waals surface area (Å²) in [5.74, 6) is -4.32. The van der Waals surface area contributed by atoms with Crippen molar-refractivity contribution in [3.8, 4) is 0 Å². The molecule has 2 unspecified atom stereocenters. The van der Waals surface area contributed by atoms with E-state index in [0.717, 1.165) is 5.56 Å². The van der Waals surface area contributed by atoms with E-state index in [0.29, 0.717) is 13.2 Å². The molecular formula is C17H18O5. The molecule has 5 heteroatoms. The second-order valence-corrected chi connectivity index (χ2v) is 5.93. The lowest BCUT2D eigenvalue weighted by atomic mass is 9.83. The van der Waals surface area contributed by atoms with Gasteiger partial charge in [0.1, 0.15) is 0 Å². The zero-order valence-electron chi connectivity index (χ0n) is 12.0. The summed E-state index contributed by atoms with van der Waals surface area (Å²) >= 11 is 0. The predicted molar refractivity (Wildman–Crippen MR) is 78.0 cm³/mol. The largest absolute Gasteiger partial charge is 0.481 e. The fourth-order valence-electron chi connectivity index (χ4n) is 3.80. The molecule has 4 atom stereocenters. The molecule has 22 heavy (non-hydrogen) atoms. The third-order valence-corrected chi connectivity index (χ3v) is 4.75. The Morgan fingerprint density at radius 2 is 1.50 bits per heavy atom. The minimum Gasteiger partial charge on any atom is -0.481 e. The first-order valence-corrected chi connectivity index (χ1v) is 7.35. The number of carboxylic acids is 2. The number of allylic oxidation sites excluding steroid dienone is 2. The summed E-state index contributed by atoms with van der Waals surface area (Å²) in [6.45, 7) is 0.830. The van der Waals surface area contributed by atoms with Crippen molar-refractivity contribution in [3.05, 3.63) is 48.0 Å². The molecule has 2 N–H and O–H groups in total. The molecule has 116 valence electrons. The fourth-order valence-corrected chi connectivity index (χ4v) is 3.80. The van der Waals surface area contributed by atoms with Crippen molar-refractivity contribution in [2.24, 2.45) is 29.6 Å². The number of hydrogen-bond donors (Lipinski definition) is 2. The molecule has 0 aromatic heterocycles. The second-order valence-electron chi connectivity index (χ2n) is 5.93. The van der Waals surface area contributed by atoms with E-state index in [1.807, 2.05) is 42.5 Å². The zero-order valence-corrected chi connectivity index (χ0v) is 12.0. The number of rotatable bonds is 6. The van der Waals surface area contributed by atoms with Crippen LogP contribution in [0.2, 0.25) is 0 Å². The molecule has 2 aliphatic carbocycles. The number of ether oxygens (including phenoxy) is 1. The Labute approximate surface area is 128 Å². The van der Waals surface area contributed by atoms with Crippen molar-refractivity contribution in [2.75, 3.05) is 6.61 Å². The molecule has 2 aliphatic rings. The van der Waals surface area contributed by atoms with Crippen molar-refractivity contribution in [1.82, 2.24) is 0 Å². The average Bonchev–Trinajstić information content (AvgIpc) is 3.03. The molecule has 2 bridgehead atoms. The lowest BCUT2D eigenvalue weighted by Crippen LogP contribution is -2.32. The quantitative estimate of drug-likeness (QED) is 0.786. The van der Waals surface area contributed by atoms with E-state index in [1.54, 1.807) is 0 Å². The van der Waals surface area contributed by atoms with Gasteiger partial charge in [-0.15, -0.1) is 0 Å². The summed E-state index contributed by atoms with van der Waals surface area (Å²) in [4.78, 5) is 22.8. The molecule has 1 fully saturated rings. The highest BCUT2D eigenvalue weighted by Gasteiger charge is 2.57. The summed E-state index contributed by atoms with van der Waals surface area (Å²) in [6.07, 6.45) is 3.69. The van der Waals surface area contributed by atoms with Crippen molar-refractivity contribution in [1.29, 1.82) is 0 Å². The van der Waals surface area contributed by atoms with Crippen LogP contribution >= 0.6 is 0 Å². The fraction of sp³-hybridized carbons (Fsp3) is 0.412.